The van der Waals surface area contributed by atoms with Crippen LogP contribution in [-0.2, 0) is 19.3 Å². The molecule has 0 bridgehead atoms. The maximum absolute atomic E-state index is 2.49. The average molecular weight is 328 g/mol. The Balaban J connectivity index is 1.72. The van der Waals surface area contributed by atoms with Crippen molar-refractivity contribution < 1.29 is 0 Å². The van der Waals surface area contributed by atoms with Gasteiger partial charge in [-0.2, -0.15) is 0 Å². The van der Waals surface area contributed by atoms with Gasteiger partial charge in [0.2, 0.25) is 0 Å². The van der Waals surface area contributed by atoms with Crippen molar-refractivity contribution in [1.82, 2.24) is 0 Å². The molecule has 0 atom stereocenters. The third kappa shape index (κ3) is 2.19. The fraction of sp³-hybridized carbons (Fsp3) is 0.217. The zero-order valence-electron chi connectivity index (χ0n) is 13.9. The summed E-state index contributed by atoms with van der Waals surface area (Å²) in [6.45, 7) is 2.20. The number of hydrogen-bond acceptors (Lipinski definition) is 1. The Labute approximate surface area is 147 Å². The first-order chi connectivity index (χ1) is 11.8. The quantitative estimate of drug-likeness (QED) is 0.517. The third-order valence-electron chi connectivity index (χ3n) is 5.34. The van der Waals surface area contributed by atoms with Gasteiger partial charge in [0.15, 0.2) is 0 Å². The number of allylic oxidation sites excluding steroid dienone is 1. The van der Waals surface area contributed by atoms with Crippen LogP contribution in [-0.4, -0.2) is 0 Å². The molecule has 2 aliphatic carbocycles. The Kier molecular flexibility index (Phi) is 3.24. The van der Waals surface area contributed by atoms with Gasteiger partial charge in [0.05, 0.1) is 0 Å². The van der Waals surface area contributed by atoms with Gasteiger partial charge in [-0.1, -0.05) is 36.4 Å². The first-order valence-electron chi connectivity index (χ1n) is 8.80. The van der Waals surface area contributed by atoms with Crippen LogP contribution in [0.25, 0.3) is 22.8 Å². The molecule has 0 amide bonds. The lowest BCUT2D eigenvalue weighted by Crippen LogP contribution is -1.96. The molecule has 2 aliphatic rings. The summed E-state index contributed by atoms with van der Waals surface area (Å²) >= 11 is 1.92. The molecule has 3 aromatic rings. The number of aryl methyl sites for hydroxylation is 2. The Morgan fingerprint density at radius 2 is 1.79 bits per heavy atom. The summed E-state index contributed by atoms with van der Waals surface area (Å²) in [5.74, 6) is 0. The van der Waals surface area contributed by atoms with Crippen LogP contribution in [0.4, 0.5) is 0 Å². The lowest BCUT2D eigenvalue weighted by molar-refractivity contribution is 0.912. The van der Waals surface area contributed by atoms with E-state index < -0.39 is 0 Å². The van der Waals surface area contributed by atoms with Crippen LogP contribution in [0, 0.1) is 6.92 Å². The molecule has 0 nitrogen and oxygen atoms in total. The van der Waals surface area contributed by atoms with E-state index in [4.69, 9.17) is 0 Å². The van der Waals surface area contributed by atoms with E-state index in [0.29, 0.717) is 0 Å². The zero-order valence-corrected chi connectivity index (χ0v) is 14.7. The second-order valence-corrected chi connectivity index (χ2v) is 8.23. The van der Waals surface area contributed by atoms with Crippen molar-refractivity contribution in [2.45, 2.75) is 32.6 Å². The van der Waals surface area contributed by atoms with Gasteiger partial charge in [-0.05, 0) is 89.8 Å². The van der Waals surface area contributed by atoms with E-state index in [2.05, 4.69) is 61.5 Å². The molecular weight excluding hydrogens is 308 g/mol. The van der Waals surface area contributed by atoms with Crippen molar-refractivity contribution in [2.75, 3.05) is 0 Å². The molecule has 0 spiro atoms. The molecule has 1 heteroatoms. The lowest BCUT2D eigenvalue weighted by atomic mass is 9.90. The number of hydrogen-bond donors (Lipinski definition) is 0. The second kappa shape index (κ2) is 5.46. The van der Waals surface area contributed by atoms with Gasteiger partial charge >= 0.3 is 0 Å². The van der Waals surface area contributed by atoms with Gasteiger partial charge < -0.3 is 0 Å². The van der Waals surface area contributed by atoms with Crippen molar-refractivity contribution in [3.63, 3.8) is 0 Å². The van der Waals surface area contributed by atoms with Crippen LogP contribution < -0.4 is 0 Å². The van der Waals surface area contributed by atoms with Gasteiger partial charge in [-0.15, -0.1) is 11.3 Å². The summed E-state index contributed by atoms with van der Waals surface area (Å²) in [5, 5.41) is 0. The summed E-state index contributed by atoms with van der Waals surface area (Å²) in [5.41, 5.74) is 10.6. The molecule has 24 heavy (non-hydrogen) atoms. The minimum Gasteiger partial charge on any atom is -0.141 e. The molecule has 1 aromatic heterocycles. The standard InChI is InChI=1S/C23H20S/c1-15-10-11-22(24-15)19-13-18-12-17-8-5-9-20(17)23(21(18)14-19)16-6-3-2-4-7-16/h2-4,6-7,10-12,14H,5,8-9,13H2,1H3. The van der Waals surface area contributed by atoms with Crippen molar-refractivity contribution in [3.8, 4) is 11.1 Å². The van der Waals surface area contributed by atoms with Gasteiger partial charge in [-0.25, -0.2) is 0 Å². The van der Waals surface area contributed by atoms with E-state index in [9.17, 15) is 0 Å². The molecule has 2 aromatic carbocycles. The Morgan fingerprint density at radius 1 is 0.917 bits per heavy atom. The first-order valence-corrected chi connectivity index (χ1v) is 9.62. The number of fused-ring (bicyclic) bond motifs is 2. The lowest BCUT2D eigenvalue weighted by Gasteiger charge is -2.14. The van der Waals surface area contributed by atoms with Crippen LogP contribution in [0.2, 0.25) is 0 Å². The zero-order chi connectivity index (χ0) is 16.1. The van der Waals surface area contributed by atoms with Crippen LogP contribution >= 0.6 is 11.3 Å². The van der Waals surface area contributed by atoms with Gasteiger partial charge in [-0.3, -0.25) is 0 Å². The SMILES string of the molecule is Cc1ccc(C2=Cc3c(cc4c(c3-c3ccccc3)CCC4)C2)s1. The van der Waals surface area contributed by atoms with E-state index >= 15 is 0 Å². The topological polar surface area (TPSA) is 0 Å². The number of benzene rings is 2. The highest BCUT2D eigenvalue weighted by Crippen LogP contribution is 2.44. The molecule has 0 saturated carbocycles. The Bertz CT molecular complexity index is 957. The highest BCUT2D eigenvalue weighted by atomic mass is 32.1. The van der Waals surface area contributed by atoms with Crippen LogP contribution in [0.5, 0.6) is 0 Å². The molecule has 0 fully saturated rings. The summed E-state index contributed by atoms with van der Waals surface area (Å²) in [6.07, 6.45) is 7.33. The highest BCUT2D eigenvalue weighted by molar-refractivity contribution is 7.13. The third-order valence-corrected chi connectivity index (χ3v) is 6.42. The first kappa shape index (κ1) is 14.2. The summed E-state index contributed by atoms with van der Waals surface area (Å²) in [4.78, 5) is 2.83. The number of rotatable bonds is 2. The molecule has 0 unspecified atom stereocenters. The van der Waals surface area contributed by atoms with E-state index in [-0.39, 0.29) is 0 Å². The van der Waals surface area contributed by atoms with Gasteiger partial charge in [0.25, 0.3) is 0 Å². The summed E-state index contributed by atoms with van der Waals surface area (Å²) < 4.78 is 0. The van der Waals surface area contributed by atoms with Crippen molar-refractivity contribution in [2.24, 2.45) is 0 Å². The van der Waals surface area contributed by atoms with Crippen LogP contribution in [0.15, 0.2) is 48.5 Å². The monoisotopic (exact) mass is 328 g/mol. The van der Waals surface area contributed by atoms with E-state index in [1.807, 2.05) is 11.3 Å². The molecular formula is C23H20S. The molecule has 0 radical (unpaired) electrons. The van der Waals surface area contributed by atoms with E-state index in [0.717, 1.165) is 6.42 Å². The predicted molar refractivity (Wildman–Crippen MR) is 105 cm³/mol. The minimum absolute atomic E-state index is 1.09. The van der Waals surface area contributed by atoms with Crippen molar-refractivity contribution >= 4 is 23.0 Å². The average Bonchev–Trinajstić information content (AvgIpc) is 3.31. The predicted octanol–water partition coefficient (Wildman–Crippen LogP) is 6.31. The largest absolute Gasteiger partial charge is 0.141 e. The molecule has 0 N–H and O–H groups in total. The molecule has 0 saturated heterocycles. The highest BCUT2D eigenvalue weighted by Gasteiger charge is 2.25. The molecule has 1 heterocycles. The Morgan fingerprint density at radius 3 is 2.58 bits per heavy atom. The van der Waals surface area contributed by atoms with Crippen LogP contribution in [0.1, 0.15) is 38.4 Å². The number of thiophene rings is 1. The maximum Gasteiger partial charge on any atom is 0.0308 e. The Hall–Kier alpha value is -2.12. The molecule has 5 rings (SSSR count). The second-order valence-electron chi connectivity index (χ2n) is 6.94. The van der Waals surface area contributed by atoms with E-state index in [1.165, 1.54) is 56.8 Å². The molecule has 0 aliphatic heterocycles. The van der Waals surface area contributed by atoms with Crippen LogP contribution in [0.3, 0.4) is 0 Å². The molecule has 118 valence electrons. The smallest absolute Gasteiger partial charge is 0.0308 e. The maximum atomic E-state index is 2.49. The minimum atomic E-state index is 1.09. The summed E-state index contributed by atoms with van der Waals surface area (Å²) in [7, 11) is 0. The van der Waals surface area contributed by atoms with Crippen molar-refractivity contribution in [3.05, 3.63) is 80.5 Å². The fourth-order valence-corrected chi connectivity index (χ4v) is 5.15. The van der Waals surface area contributed by atoms with Gasteiger partial charge in [0.1, 0.15) is 0 Å². The van der Waals surface area contributed by atoms with E-state index in [1.54, 1.807) is 11.1 Å². The van der Waals surface area contributed by atoms with Crippen molar-refractivity contribution in [1.29, 1.82) is 0 Å². The normalized spacial score (nSPS) is 15.3. The van der Waals surface area contributed by atoms with Gasteiger partial charge in [0, 0.05) is 9.75 Å². The summed E-state index contributed by atoms with van der Waals surface area (Å²) in [6, 6.07) is 18.0. The fourth-order valence-electron chi connectivity index (χ4n) is 4.26.